The number of benzene rings is 2. The zero-order chi connectivity index (χ0) is 38.5. The first-order chi connectivity index (χ1) is 27.2. The van der Waals surface area contributed by atoms with Gasteiger partial charge < -0.3 is 68.1 Å². The van der Waals surface area contributed by atoms with Crippen LogP contribution in [-0.2, 0) is 14.1 Å². The number of nitrogens with one attached hydrogen (secondary N) is 2. The summed E-state index contributed by atoms with van der Waals surface area (Å²) in [6.07, 6.45) is 16.0. The van der Waals surface area contributed by atoms with E-state index < -0.39 is 11.9 Å². The van der Waals surface area contributed by atoms with Crippen LogP contribution < -0.4 is 57.1 Å². The van der Waals surface area contributed by atoms with Crippen LogP contribution in [0.15, 0.2) is 122 Å². The Hall–Kier alpha value is -5.53. The van der Waals surface area contributed by atoms with Crippen molar-refractivity contribution >= 4 is 82.3 Å². The van der Waals surface area contributed by atoms with Gasteiger partial charge in [0.15, 0.2) is 24.8 Å². The number of carboxylic acids is 2. The average molecular weight is 1120 g/mol. The van der Waals surface area contributed by atoms with Crippen molar-refractivity contribution in [3.63, 3.8) is 0 Å². The van der Waals surface area contributed by atoms with Crippen molar-refractivity contribution < 1.29 is 76.9 Å². The van der Waals surface area contributed by atoms with Gasteiger partial charge in [-0.25, -0.2) is 28.7 Å². The lowest BCUT2D eigenvalue weighted by atomic mass is 10.0. The third kappa shape index (κ3) is 8.36. The fraction of sp³-hybridized carbons (Fsp3) is 0.0435. The second-order valence-corrected chi connectivity index (χ2v) is 13.8. The smallest absolute Gasteiger partial charge is 0.335 e. The molecule has 0 spiro atoms. The highest BCUT2D eigenvalue weighted by atomic mass is 127. The van der Waals surface area contributed by atoms with E-state index in [0.29, 0.717) is 11.4 Å². The van der Waals surface area contributed by atoms with Crippen molar-refractivity contribution in [3.8, 4) is 44.5 Å². The van der Waals surface area contributed by atoms with Crippen LogP contribution in [0.1, 0.15) is 43.5 Å². The van der Waals surface area contributed by atoms with E-state index in [2.05, 4.69) is 34.2 Å². The number of carbonyl (C=O) groups is 2. The Kier molecular flexibility index (Phi) is 13.0. The van der Waals surface area contributed by atoms with Crippen LogP contribution in [0.5, 0.6) is 0 Å². The minimum Gasteiger partial charge on any atom is -1.00 e. The van der Waals surface area contributed by atoms with Crippen LogP contribution in [-0.4, -0.2) is 42.1 Å². The number of carboxylic acid groups (broad SMARTS) is 2. The standard InChI is InChI=1S/C46H32N6O4.3HI/c1-51-23-19-29(20-24-51)43-37-15-11-33(47-37)41(27-3-7-31(8-4-27)45(53)54)35-13-17-39(49-35)44(30-21-25-52(2)26-22-30)40-18-14-36(50-40)42(34-12-16-38(43)48-34)28-5-9-32(10-6-28)46(55)56;;;/h3-26H,1-2H3,(H2-,47,48,49,50,53,54,55,56);3*1H. The first-order valence-electron chi connectivity index (χ1n) is 18.0. The highest BCUT2D eigenvalue weighted by Crippen LogP contribution is 2.38. The largest absolute Gasteiger partial charge is 1.00 e. The molecule has 7 heterocycles. The molecule has 59 heavy (non-hydrogen) atoms. The van der Waals surface area contributed by atoms with E-state index in [4.69, 9.17) is 9.97 Å². The maximum absolute atomic E-state index is 11.8. The summed E-state index contributed by atoms with van der Waals surface area (Å²) in [4.78, 5) is 41.6. The molecule has 0 saturated heterocycles. The van der Waals surface area contributed by atoms with Crippen LogP contribution in [0, 0.1) is 0 Å². The number of aromatic nitrogens is 6. The minimum atomic E-state index is -0.994. The Bertz CT molecular complexity index is 2770. The van der Waals surface area contributed by atoms with Gasteiger partial charge in [0.05, 0.1) is 33.9 Å². The first-order valence-corrected chi connectivity index (χ1v) is 18.0. The fourth-order valence-corrected chi connectivity index (χ4v) is 7.31. The number of aryl methyl sites for hydroxylation is 2. The second-order valence-electron chi connectivity index (χ2n) is 13.8. The number of rotatable bonds is 6. The van der Waals surface area contributed by atoms with Gasteiger partial charge in [-0.3, -0.25) is 0 Å². The predicted octanol–water partition coefficient (Wildman–Crippen LogP) is 3.00. The van der Waals surface area contributed by atoms with Crippen LogP contribution in [0.3, 0.4) is 0 Å². The Morgan fingerprint density at radius 3 is 0.949 bits per heavy atom. The second kappa shape index (κ2) is 17.8. The van der Waals surface area contributed by atoms with E-state index in [1.54, 1.807) is 24.3 Å². The normalized spacial score (nSPS) is 11.3. The highest BCUT2D eigenvalue weighted by Gasteiger charge is 2.20. The van der Waals surface area contributed by atoms with Crippen molar-refractivity contribution in [2.45, 2.75) is 0 Å². The van der Waals surface area contributed by atoms with E-state index in [1.807, 2.05) is 121 Å². The third-order valence-corrected chi connectivity index (χ3v) is 10.1. The van der Waals surface area contributed by atoms with Gasteiger partial charge in [0.2, 0.25) is 0 Å². The topological polar surface area (TPSA) is 140 Å². The van der Waals surface area contributed by atoms with Crippen molar-refractivity contribution in [3.05, 3.63) is 156 Å². The molecule has 0 saturated carbocycles. The molecule has 2 aliphatic rings. The summed E-state index contributed by atoms with van der Waals surface area (Å²) in [5.41, 5.74) is 13.5. The number of fused-ring (bicyclic) bond motifs is 8. The van der Waals surface area contributed by atoms with Gasteiger partial charge >= 0.3 is 11.9 Å². The van der Waals surface area contributed by atoms with Gasteiger partial charge in [-0.15, -0.1) is 24.0 Å². The van der Waals surface area contributed by atoms with Crippen LogP contribution >= 0.6 is 24.0 Å². The molecular formula is C46H35I3N6O4. The number of aromatic carboxylic acids is 2. The molecule has 0 unspecified atom stereocenters. The van der Waals surface area contributed by atoms with Crippen molar-refractivity contribution in [2.75, 3.05) is 0 Å². The number of H-pyrrole nitrogens is 2. The molecule has 7 aromatic rings. The zero-order valence-electron chi connectivity index (χ0n) is 31.5. The zero-order valence-corrected chi connectivity index (χ0v) is 38.2. The predicted molar refractivity (Wildman–Crippen MR) is 232 cm³/mol. The summed E-state index contributed by atoms with van der Waals surface area (Å²) in [7, 11) is 3.94. The number of halogens is 3. The van der Waals surface area contributed by atoms with E-state index in [1.165, 1.54) is 0 Å². The molecule has 5 aromatic heterocycles. The average Bonchev–Trinajstić information content (AvgIpc) is 4.05. The van der Waals surface area contributed by atoms with Crippen molar-refractivity contribution in [1.82, 2.24) is 19.9 Å². The summed E-state index contributed by atoms with van der Waals surface area (Å²) in [5.74, 6) is -1.99. The number of aromatic amines is 2. The van der Waals surface area contributed by atoms with Gasteiger partial charge in [-0.05, 0) is 95.1 Å². The first kappa shape index (κ1) is 43.1. The highest BCUT2D eigenvalue weighted by molar-refractivity contribution is 14.0. The molecule has 9 rings (SSSR count). The van der Waals surface area contributed by atoms with E-state index in [9.17, 15) is 19.8 Å². The molecule has 0 atom stereocenters. The molecule has 13 heteroatoms. The van der Waals surface area contributed by atoms with Gasteiger partial charge in [0, 0.05) is 68.6 Å². The van der Waals surface area contributed by atoms with E-state index in [-0.39, 0.29) is 83.1 Å². The van der Waals surface area contributed by atoms with E-state index in [0.717, 1.165) is 78.0 Å². The third-order valence-electron chi connectivity index (χ3n) is 10.1. The number of hydrogen-bond donors (Lipinski definition) is 4. The van der Waals surface area contributed by atoms with Crippen molar-refractivity contribution in [2.24, 2.45) is 14.1 Å². The lowest BCUT2D eigenvalue weighted by molar-refractivity contribution is -0.671. The molecule has 0 fully saturated rings. The summed E-state index contributed by atoms with van der Waals surface area (Å²) in [5, 5.41) is 19.4. The summed E-state index contributed by atoms with van der Waals surface area (Å²) in [6.45, 7) is 0. The van der Waals surface area contributed by atoms with Crippen molar-refractivity contribution in [1.29, 1.82) is 0 Å². The van der Waals surface area contributed by atoms with E-state index >= 15 is 0 Å². The Morgan fingerprint density at radius 1 is 0.441 bits per heavy atom. The lowest BCUT2D eigenvalue weighted by Gasteiger charge is -2.07. The maximum atomic E-state index is 11.8. The molecule has 10 nitrogen and oxygen atoms in total. The van der Waals surface area contributed by atoms with Gasteiger partial charge in [-0.1, -0.05) is 24.3 Å². The molecule has 2 aliphatic heterocycles. The molecule has 2 aromatic carbocycles. The number of nitrogens with zero attached hydrogens (tertiary/aromatic N) is 4. The Morgan fingerprint density at radius 2 is 0.695 bits per heavy atom. The van der Waals surface area contributed by atoms with Gasteiger partial charge in [0.1, 0.15) is 14.1 Å². The molecule has 0 amide bonds. The molecule has 294 valence electrons. The van der Waals surface area contributed by atoms with Crippen LogP contribution in [0.2, 0.25) is 0 Å². The number of pyridine rings is 2. The van der Waals surface area contributed by atoms with Crippen LogP contribution in [0.4, 0.5) is 0 Å². The molecule has 8 bridgehead atoms. The minimum absolute atomic E-state index is 0. The van der Waals surface area contributed by atoms with Gasteiger partial charge in [0.25, 0.3) is 0 Å². The molecule has 0 radical (unpaired) electrons. The monoisotopic (exact) mass is 1120 g/mol. The lowest BCUT2D eigenvalue weighted by Crippen LogP contribution is -3.00. The van der Waals surface area contributed by atoms with Gasteiger partial charge in [-0.2, -0.15) is 0 Å². The summed E-state index contributed by atoms with van der Waals surface area (Å²) in [6, 6.07) is 30.0. The summed E-state index contributed by atoms with van der Waals surface area (Å²) >= 11 is 0. The molecule has 0 aliphatic carbocycles. The Labute approximate surface area is 390 Å². The summed E-state index contributed by atoms with van der Waals surface area (Å²) < 4.78 is 3.95. The molecule has 4 N–H and O–H groups in total. The maximum Gasteiger partial charge on any atom is 0.335 e. The quantitative estimate of drug-likeness (QED) is 0.149. The number of hydrogen-bond acceptors (Lipinski definition) is 4. The molecular weight excluding hydrogens is 1080 g/mol. The Balaban J connectivity index is 0.00000195. The van der Waals surface area contributed by atoms with Crippen LogP contribution in [0.25, 0.3) is 90.9 Å². The SMILES string of the molecule is C[n+]1ccc(-c2c3nc(c(-c4ccc(C(=O)O)cc4)c4ccc([nH]4)c(-c4cc[n+](C)cc4)c4nc(c(-c5ccc(C(=O)O)cc5)c5ccc2[nH]5)C=C4)C=C3)cc1.I.[I-].[I-]. The fourth-order valence-electron chi connectivity index (χ4n) is 7.31.